The molecule has 0 atom stereocenters. The SMILES string of the molecule is Cc1ccc(N2CCCC(=O)C2)nn1. The Labute approximate surface area is 82.9 Å². The fourth-order valence-electron chi connectivity index (χ4n) is 1.59. The first-order valence-corrected chi connectivity index (χ1v) is 4.83. The van der Waals surface area contributed by atoms with Crippen LogP contribution in [0.4, 0.5) is 5.82 Å². The van der Waals surface area contributed by atoms with E-state index < -0.39 is 0 Å². The monoisotopic (exact) mass is 191 g/mol. The van der Waals surface area contributed by atoms with Crippen molar-refractivity contribution in [2.24, 2.45) is 0 Å². The molecule has 1 aliphatic heterocycles. The summed E-state index contributed by atoms with van der Waals surface area (Å²) in [6.07, 6.45) is 1.63. The number of ketones is 1. The molecular weight excluding hydrogens is 178 g/mol. The van der Waals surface area contributed by atoms with Gasteiger partial charge in [0.25, 0.3) is 0 Å². The molecule has 2 rings (SSSR count). The predicted octanol–water partition coefficient (Wildman–Crippen LogP) is 0.954. The van der Waals surface area contributed by atoms with Crippen molar-refractivity contribution in [1.82, 2.24) is 10.2 Å². The average Bonchev–Trinajstić information content (AvgIpc) is 2.19. The summed E-state index contributed by atoms with van der Waals surface area (Å²) < 4.78 is 0. The number of hydrogen-bond acceptors (Lipinski definition) is 4. The normalized spacial score (nSPS) is 17.2. The lowest BCUT2D eigenvalue weighted by Gasteiger charge is -2.26. The molecule has 0 spiro atoms. The van der Waals surface area contributed by atoms with E-state index in [1.54, 1.807) is 0 Å². The number of rotatable bonds is 1. The van der Waals surface area contributed by atoms with Crippen molar-refractivity contribution in [1.29, 1.82) is 0 Å². The number of aryl methyl sites for hydroxylation is 1. The van der Waals surface area contributed by atoms with Crippen LogP contribution in [0.3, 0.4) is 0 Å². The van der Waals surface area contributed by atoms with Gasteiger partial charge in [-0.15, -0.1) is 5.10 Å². The summed E-state index contributed by atoms with van der Waals surface area (Å²) in [5, 5.41) is 8.04. The minimum Gasteiger partial charge on any atom is -0.348 e. The van der Waals surface area contributed by atoms with Gasteiger partial charge in [0, 0.05) is 13.0 Å². The van der Waals surface area contributed by atoms with Crippen LogP contribution < -0.4 is 4.90 Å². The van der Waals surface area contributed by atoms with E-state index in [9.17, 15) is 4.79 Å². The lowest BCUT2D eigenvalue weighted by molar-refractivity contribution is -0.118. The van der Waals surface area contributed by atoms with E-state index in [1.807, 2.05) is 24.0 Å². The van der Waals surface area contributed by atoms with E-state index in [1.165, 1.54) is 0 Å². The van der Waals surface area contributed by atoms with Crippen LogP contribution in [0.25, 0.3) is 0 Å². The van der Waals surface area contributed by atoms with E-state index in [0.29, 0.717) is 18.7 Å². The number of carbonyl (C=O) groups excluding carboxylic acids is 1. The minimum absolute atomic E-state index is 0.290. The fourth-order valence-corrected chi connectivity index (χ4v) is 1.59. The van der Waals surface area contributed by atoms with Crippen molar-refractivity contribution in [2.45, 2.75) is 19.8 Å². The van der Waals surface area contributed by atoms with Crippen LogP contribution in [0.1, 0.15) is 18.5 Å². The summed E-state index contributed by atoms with van der Waals surface area (Å²) in [6, 6.07) is 3.84. The second kappa shape index (κ2) is 3.74. The molecule has 0 saturated carbocycles. The van der Waals surface area contributed by atoms with Gasteiger partial charge in [0.1, 0.15) is 0 Å². The highest BCUT2D eigenvalue weighted by atomic mass is 16.1. The molecule has 0 radical (unpaired) electrons. The van der Waals surface area contributed by atoms with Crippen LogP contribution in [0.2, 0.25) is 0 Å². The summed E-state index contributed by atoms with van der Waals surface area (Å²) in [4.78, 5) is 13.2. The Bertz CT molecular complexity index is 334. The van der Waals surface area contributed by atoms with Gasteiger partial charge in [-0.1, -0.05) is 0 Å². The highest BCUT2D eigenvalue weighted by Crippen LogP contribution is 2.14. The Hall–Kier alpha value is -1.45. The first kappa shape index (κ1) is 9.12. The molecule has 4 heteroatoms. The molecule has 1 aliphatic rings. The zero-order chi connectivity index (χ0) is 9.97. The van der Waals surface area contributed by atoms with Crippen molar-refractivity contribution in [3.63, 3.8) is 0 Å². The first-order valence-electron chi connectivity index (χ1n) is 4.83. The van der Waals surface area contributed by atoms with Crippen LogP contribution in [-0.4, -0.2) is 29.1 Å². The Balaban J connectivity index is 2.14. The molecule has 0 N–H and O–H groups in total. The number of carbonyl (C=O) groups is 1. The van der Waals surface area contributed by atoms with Gasteiger partial charge in [-0.2, -0.15) is 5.10 Å². The standard InChI is InChI=1S/C10H13N3O/c1-8-4-5-10(12-11-8)13-6-2-3-9(14)7-13/h4-5H,2-3,6-7H2,1H3. The molecule has 0 amide bonds. The van der Waals surface area contributed by atoms with Gasteiger partial charge in [-0.05, 0) is 25.5 Å². The number of piperidine rings is 1. The summed E-state index contributed by atoms with van der Waals surface area (Å²) in [5.74, 6) is 1.10. The first-order chi connectivity index (χ1) is 6.75. The lowest BCUT2D eigenvalue weighted by Crippen LogP contribution is -2.36. The molecule has 0 aromatic carbocycles. The van der Waals surface area contributed by atoms with Gasteiger partial charge in [0.15, 0.2) is 11.6 Å². The van der Waals surface area contributed by atoms with Crippen molar-refractivity contribution in [2.75, 3.05) is 18.0 Å². The Morgan fingerprint density at radius 3 is 2.86 bits per heavy atom. The molecule has 1 aromatic rings. The van der Waals surface area contributed by atoms with Crippen molar-refractivity contribution >= 4 is 11.6 Å². The maximum Gasteiger partial charge on any atom is 0.152 e. The Kier molecular flexibility index (Phi) is 2.43. The molecule has 2 heterocycles. The number of nitrogens with zero attached hydrogens (tertiary/aromatic N) is 3. The number of hydrogen-bond donors (Lipinski definition) is 0. The predicted molar refractivity (Wildman–Crippen MR) is 53.2 cm³/mol. The third-order valence-electron chi connectivity index (χ3n) is 2.36. The molecule has 1 fully saturated rings. The van der Waals surface area contributed by atoms with Gasteiger partial charge >= 0.3 is 0 Å². The molecule has 4 nitrogen and oxygen atoms in total. The van der Waals surface area contributed by atoms with Gasteiger partial charge in [-0.3, -0.25) is 4.79 Å². The van der Waals surface area contributed by atoms with Gasteiger partial charge in [-0.25, -0.2) is 0 Å². The number of aromatic nitrogens is 2. The van der Waals surface area contributed by atoms with E-state index in [-0.39, 0.29) is 0 Å². The lowest BCUT2D eigenvalue weighted by atomic mass is 10.1. The summed E-state index contributed by atoms with van der Waals surface area (Å²) >= 11 is 0. The molecule has 0 unspecified atom stereocenters. The topological polar surface area (TPSA) is 46.1 Å². The van der Waals surface area contributed by atoms with Crippen molar-refractivity contribution in [3.05, 3.63) is 17.8 Å². The summed E-state index contributed by atoms with van der Waals surface area (Å²) in [5.41, 5.74) is 0.900. The van der Waals surface area contributed by atoms with Crippen LogP contribution in [0.15, 0.2) is 12.1 Å². The molecule has 0 bridgehead atoms. The molecule has 14 heavy (non-hydrogen) atoms. The van der Waals surface area contributed by atoms with Gasteiger partial charge in [0.05, 0.1) is 12.2 Å². The van der Waals surface area contributed by atoms with E-state index >= 15 is 0 Å². The fraction of sp³-hybridized carbons (Fsp3) is 0.500. The zero-order valence-electron chi connectivity index (χ0n) is 8.23. The van der Waals surface area contributed by atoms with Gasteiger partial charge in [0.2, 0.25) is 0 Å². The van der Waals surface area contributed by atoms with Gasteiger partial charge < -0.3 is 4.90 Å². The summed E-state index contributed by atoms with van der Waals surface area (Å²) in [7, 11) is 0. The summed E-state index contributed by atoms with van der Waals surface area (Å²) in [6.45, 7) is 3.29. The molecule has 74 valence electrons. The van der Waals surface area contributed by atoms with Crippen LogP contribution in [-0.2, 0) is 4.79 Å². The van der Waals surface area contributed by atoms with E-state index in [2.05, 4.69) is 10.2 Å². The largest absolute Gasteiger partial charge is 0.348 e. The quantitative estimate of drug-likeness (QED) is 0.663. The molecule has 1 aromatic heterocycles. The third-order valence-corrected chi connectivity index (χ3v) is 2.36. The highest BCUT2D eigenvalue weighted by Gasteiger charge is 2.17. The Morgan fingerprint density at radius 1 is 1.36 bits per heavy atom. The van der Waals surface area contributed by atoms with E-state index in [4.69, 9.17) is 0 Å². The zero-order valence-corrected chi connectivity index (χ0v) is 8.23. The number of Topliss-reactive ketones (excluding diaryl/α,β-unsaturated/α-hetero) is 1. The smallest absolute Gasteiger partial charge is 0.152 e. The Morgan fingerprint density at radius 2 is 2.21 bits per heavy atom. The molecular formula is C10H13N3O. The molecule has 1 saturated heterocycles. The average molecular weight is 191 g/mol. The van der Waals surface area contributed by atoms with E-state index in [0.717, 1.165) is 24.5 Å². The second-order valence-corrected chi connectivity index (χ2v) is 3.60. The van der Waals surface area contributed by atoms with Crippen LogP contribution in [0, 0.1) is 6.92 Å². The third kappa shape index (κ3) is 1.89. The number of anilines is 1. The minimum atomic E-state index is 0.290. The maximum atomic E-state index is 11.2. The van der Waals surface area contributed by atoms with Crippen LogP contribution in [0.5, 0.6) is 0 Å². The van der Waals surface area contributed by atoms with Crippen LogP contribution >= 0.6 is 0 Å². The highest BCUT2D eigenvalue weighted by molar-refractivity contribution is 5.84. The maximum absolute atomic E-state index is 11.2. The van der Waals surface area contributed by atoms with Crippen molar-refractivity contribution < 1.29 is 4.79 Å². The second-order valence-electron chi connectivity index (χ2n) is 3.60. The van der Waals surface area contributed by atoms with Crippen molar-refractivity contribution in [3.8, 4) is 0 Å². The molecule has 0 aliphatic carbocycles.